The summed E-state index contributed by atoms with van der Waals surface area (Å²) in [5.74, 6) is 3.21. The van der Waals surface area contributed by atoms with Crippen molar-refractivity contribution < 1.29 is 9.53 Å². The largest absolute Gasteiger partial charge is 0.465 e. The average Bonchev–Trinajstić information content (AvgIpc) is 3.00. The minimum atomic E-state index is -0.172. The minimum Gasteiger partial charge on any atom is -0.465 e. The Morgan fingerprint density at radius 2 is 2.44 bits per heavy atom. The van der Waals surface area contributed by atoms with Crippen molar-refractivity contribution in [3.05, 3.63) is 11.6 Å². The summed E-state index contributed by atoms with van der Waals surface area (Å²) in [5.41, 5.74) is 0. The third-order valence-electron chi connectivity index (χ3n) is 2.26. The summed E-state index contributed by atoms with van der Waals surface area (Å²) in [4.78, 5) is 15.4. The van der Waals surface area contributed by atoms with Crippen molar-refractivity contribution in [2.75, 3.05) is 12.4 Å². The number of hydrogen-bond acceptors (Lipinski definition) is 5. The molecule has 0 spiro atoms. The molecule has 1 heterocycles. The van der Waals surface area contributed by atoms with Crippen LogP contribution in [0.2, 0.25) is 0 Å². The van der Waals surface area contributed by atoms with Crippen molar-refractivity contribution in [2.45, 2.75) is 31.4 Å². The monoisotopic (exact) mass is 241 g/mol. The number of carbonyl (C=O) groups is 1. The number of nitrogens with one attached hydrogen (secondary N) is 1. The normalized spacial score (nSPS) is 15.1. The van der Waals surface area contributed by atoms with Gasteiger partial charge in [0, 0.05) is 5.92 Å². The van der Waals surface area contributed by atoms with Crippen LogP contribution in [0.25, 0.3) is 0 Å². The maximum absolute atomic E-state index is 11.1. The summed E-state index contributed by atoms with van der Waals surface area (Å²) in [7, 11) is 0. The van der Waals surface area contributed by atoms with E-state index in [2.05, 4.69) is 15.2 Å². The van der Waals surface area contributed by atoms with Crippen molar-refractivity contribution in [1.82, 2.24) is 15.2 Å². The molecule has 0 bridgehead atoms. The van der Waals surface area contributed by atoms with Crippen LogP contribution in [-0.2, 0) is 15.3 Å². The molecule has 0 aromatic carbocycles. The molecular formula is C10H15N3O2S. The predicted octanol–water partition coefficient (Wildman–Crippen LogP) is 1.48. The zero-order valence-electron chi connectivity index (χ0n) is 9.23. The summed E-state index contributed by atoms with van der Waals surface area (Å²) in [6.07, 6.45) is 2.40. The fourth-order valence-corrected chi connectivity index (χ4v) is 2.01. The van der Waals surface area contributed by atoms with E-state index in [4.69, 9.17) is 4.74 Å². The summed E-state index contributed by atoms with van der Waals surface area (Å²) in [6.45, 7) is 2.24. The van der Waals surface area contributed by atoms with Gasteiger partial charge in [0.2, 0.25) is 0 Å². The van der Waals surface area contributed by atoms with Crippen LogP contribution in [-0.4, -0.2) is 33.5 Å². The van der Waals surface area contributed by atoms with Crippen LogP contribution in [0.1, 0.15) is 37.3 Å². The van der Waals surface area contributed by atoms with E-state index in [0.29, 0.717) is 24.0 Å². The fraction of sp³-hybridized carbons (Fsp3) is 0.700. The van der Waals surface area contributed by atoms with Crippen molar-refractivity contribution in [3.63, 3.8) is 0 Å². The highest BCUT2D eigenvalue weighted by Gasteiger charge is 2.27. The lowest BCUT2D eigenvalue weighted by Crippen LogP contribution is -2.06. The molecule has 1 fully saturated rings. The van der Waals surface area contributed by atoms with E-state index in [9.17, 15) is 4.79 Å². The first-order valence-corrected chi connectivity index (χ1v) is 6.59. The lowest BCUT2D eigenvalue weighted by Gasteiger charge is -1.99. The lowest BCUT2D eigenvalue weighted by atomic mass is 10.4. The van der Waals surface area contributed by atoms with Crippen LogP contribution in [0.5, 0.6) is 0 Å². The van der Waals surface area contributed by atoms with Crippen molar-refractivity contribution in [1.29, 1.82) is 0 Å². The molecule has 0 unspecified atom stereocenters. The molecule has 16 heavy (non-hydrogen) atoms. The number of H-pyrrole nitrogens is 1. The van der Waals surface area contributed by atoms with Gasteiger partial charge in [-0.2, -0.15) is 5.10 Å². The SMILES string of the molecule is CCOC(=O)CSCc1nc(C2CC2)n[nH]1. The van der Waals surface area contributed by atoms with E-state index in [1.807, 2.05) is 0 Å². The molecule has 1 N–H and O–H groups in total. The molecule has 1 aromatic heterocycles. The third kappa shape index (κ3) is 3.23. The van der Waals surface area contributed by atoms with E-state index in [1.54, 1.807) is 6.92 Å². The van der Waals surface area contributed by atoms with Crippen LogP contribution in [0.3, 0.4) is 0 Å². The van der Waals surface area contributed by atoms with Crippen LogP contribution < -0.4 is 0 Å². The van der Waals surface area contributed by atoms with E-state index >= 15 is 0 Å². The van der Waals surface area contributed by atoms with Gasteiger partial charge in [0.1, 0.15) is 5.82 Å². The van der Waals surface area contributed by atoms with E-state index in [-0.39, 0.29) is 5.97 Å². The van der Waals surface area contributed by atoms with Crippen LogP contribution in [0.4, 0.5) is 0 Å². The number of carbonyl (C=O) groups excluding carboxylic acids is 1. The Hall–Kier alpha value is -1.04. The van der Waals surface area contributed by atoms with Crippen molar-refractivity contribution in [3.8, 4) is 0 Å². The first-order valence-electron chi connectivity index (χ1n) is 5.44. The molecule has 0 radical (unpaired) electrons. The number of hydrogen-bond donors (Lipinski definition) is 1. The third-order valence-corrected chi connectivity index (χ3v) is 3.17. The highest BCUT2D eigenvalue weighted by atomic mass is 32.2. The molecule has 1 saturated carbocycles. The molecule has 6 heteroatoms. The van der Waals surface area contributed by atoms with Gasteiger partial charge >= 0.3 is 5.97 Å². The maximum atomic E-state index is 11.1. The number of nitrogens with zero attached hydrogens (tertiary/aromatic N) is 2. The maximum Gasteiger partial charge on any atom is 0.315 e. The Bertz CT molecular complexity index is 363. The molecular weight excluding hydrogens is 226 g/mol. The van der Waals surface area contributed by atoms with Crippen LogP contribution in [0.15, 0.2) is 0 Å². The molecule has 0 amide bonds. The van der Waals surface area contributed by atoms with Crippen molar-refractivity contribution in [2.24, 2.45) is 0 Å². The molecule has 1 aliphatic carbocycles. The molecule has 2 rings (SSSR count). The Kier molecular flexibility index (Phi) is 3.82. The molecule has 0 saturated heterocycles. The number of aromatic nitrogens is 3. The summed E-state index contributed by atoms with van der Waals surface area (Å²) in [6, 6.07) is 0. The summed E-state index contributed by atoms with van der Waals surface area (Å²) in [5, 5.41) is 7.05. The number of thioether (sulfide) groups is 1. The standard InChI is InChI=1S/C10H15N3O2S/c1-2-15-9(14)6-16-5-8-11-10(13-12-8)7-3-4-7/h7H,2-6H2,1H3,(H,11,12,13). The second-order valence-electron chi connectivity index (χ2n) is 3.71. The Morgan fingerprint density at radius 1 is 1.62 bits per heavy atom. The number of aromatic amines is 1. The van der Waals surface area contributed by atoms with Gasteiger partial charge in [0.25, 0.3) is 0 Å². The fourth-order valence-electron chi connectivity index (χ4n) is 1.33. The lowest BCUT2D eigenvalue weighted by molar-refractivity contribution is -0.139. The van der Waals surface area contributed by atoms with Gasteiger partial charge < -0.3 is 4.74 Å². The van der Waals surface area contributed by atoms with E-state index in [1.165, 1.54) is 24.6 Å². The number of rotatable bonds is 6. The molecule has 5 nitrogen and oxygen atoms in total. The highest BCUT2D eigenvalue weighted by molar-refractivity contribution is 7.99. The second-order valence-corrected chi connectivity index (χ2v) is 4.70. The predicted molar refractivity (Wildman–Crippen MR) is 61.2 cm³/mol. The van der Waals surface area contributed by atoms with Crippen LogP contribution >= 0.6 is 11.8 Å². The highest BCUT2D eigenvalue weighted by Crippen LogP contribution is 2.37. The van der Waals surface area contributed by atoms with Gasteiger partial charge in [-0.05, 0) is 19.8 Å². The number of ether oxygens (including phenoxy) is 1. The van der Waals surface area contributed by atoms with Gasteiger partial charge in [0.05, 0.1) is 18.1 Å². The van der Waals surface area contributed by atoms with Crippen LogP contribution in [0, 0.1) is 0 Å². The van der Waals surface area contributed by atoms with Crippen molar-refractivity contribution >= 4 is 17.7 Å². The van der Waals surface area contributed by atoms with Gasteiger partial charge in [-0.25, -0.2) is 4.98 Å². The Balaban J connectivity index is 1.70. The molecule has 1 aromatic rings. The van der Waals surface area contributed by atoms with E-state index < -0.39 is 0 Å². The van der Waals surface area contributed by atoms with Gasteiger partial charge in [-0.3, -0.25) is 9.89 Å². The Labute approximate surface area is 98.4 Å². The van der Waals surface area contributed by atoms with Gasteiger partial charge in [-0.15, -0.1) is 11.8 Å². The Morgan fingerprint density at radius 3 is 3.12 bits per heavy atom. The first kappa shape index (κ1) is 11.4. The van der Waals surface area contributed by atoms with E-state index in [0.717, 1.165) is 11.6 Å². The average molecular weight is 241 g/mol. The smallest absolute Gasteiger partial charge is 0.315 e. The quantitative estimate of drug-likeness (QED) is 0.764. The summed E-state index contributed by atoms with van der Waals surface area (Å²) < 4.78 is 4.83. The topological polar surface area (TPSA) is 67.9 Å². The molecule has 88 valence electrons. The number of esters is 1. The molecule has 1 aliphatic rings. The summed E-state index contributed by atoms with van der Waals surface area (Å²) >= 11 is 1.49. The van der Waals surface area contributed by atoms with Gasteiger partial charge in [-0.1, -0.05) is 0 Å². The molecule has 0 aliphatic heterocycles. The van der Waals surface area contributed by atoms with Gasteiger partial charge in [0.15, 0.2) is 5.82 Å². The molecule has 0 atom stereocenters. The zero-order chi connectivity index (χ0) is 11.4. The first-order chi connectivity index (χ1) is 7.79. The second kappa shape index (κ2) is 5.34. The zero-order valence-corrected chi connectivity index (χ0v) is 10.0. The minimum absolute atomic E-state index is 0.172.